The van der Waals surface area contributed by atoms with Crippen LogP contribution in [0, 0.1) is 5.92 Å². The van der Waals surface area contributed by atoms with Crippen LogP contribution >= 0.6 is 15.9 Å². The van der Waals surface area contributed by atoms with Gasteiger partial charge in [-0.15, -0.1) is 0 Å². The van der Waals surface area contributed by atoms with E-state index >= 15 is 0 Å². The third-order valence-corrected chi connectivity index (χ3v) is 5.90. The monoisotopic (exact) mass is 347 g/mol. The number of halogens is 1. The molecule has 5 heteroatoms. The summed E-state index contributed by atoms with van der Waals surface area (Å²) in [6.07, 6.45) is 2.01. The molecule has 108 valence electrons. The van der Waals surface area contributed by atoms with E-state index in [0.717, 1.165) is 17.3 Å². The average molecular weight is 348 g/mol. The first kappa shape index (κ1) is 16.7. The molecule has 1 aromatic rings. The molecule has 1 aromatic carbocycles. The molecule has 0 aliphatic heterocycles. The lowest BCUT2D eigenvalue weighted by Crippen LogP contribution is -2.35. The van der Waals surface area contributed by atoms with E-state index < -0.39 is 10.0 Å². The smallest absolute Gasteiger partial charge is 0.207 e. The number of sulfonamides is 1. The Morgan fingerprint density at radius 1 is 1.11 bits per heavy atom. The fraction of sp³-hybridized carbons (Fsp3) is 0.571. The molecule has 0 aliphatic carbocycles. The third-order valence-electron chi connectivity index (χ3n) is 3.42. The molecule has 19 heavy (non-hydrogen) atoms. The summed E-state index contributed by atoms with van der Waals surface area (Å²) in [4.78, 5) is 0.364. The second-order valence-electron chi connectivity index (χ2n) is 4.59. The fourth-order valence-electron chi connectivity index (χ4n) is 1.99. The highest BCUT2D eigenvalue weighted by Crippen LogP contribution is 2.21. The molecular weight excluding hydrogens is 326 g/mol. The molecule has 0 fully saturated rings. The van der Waals surface area contributed by atoms with E-state index in [-0.39, 0.29) is 0 Å². The molecule has 0 aliphatic rings. The Labute approximate surface area is 125 Å². The van der Waals surface area contributed by atoms with Crippen molar-refractivity contribution < 1.29 is 8.42 Å². The third kappa shape index (κ3) is 4.29. The topological polar surface area (TPSA) is 37.4 Å². The van der Waals surface area contributed by atoms with Crippen LogP contribution < -0.4 is 0 Å². The number of hydrogen-bond donors (Lipinski definition) is 0. The van der Waals surface area contributed by atoms with Crippen molar-refractivity contribution in [2.75, 3.05) is 13.1 Å². The van der Waals surface area contributed by atoms with Gasteiger partial charge in [-0.3, -0.25) is 0 Å². The first-order valence-corrected chi connectivity index (χ1v) is 8.94. The van der Waals surface area contributed by atoms with E-state index in [1.54, 1.807) is 28.6 Å². The zero-order chi connectivity index (χ0) is 14.5. The van der Waals surface area contributed by atoms with E-state index in [1.807, 2.05) is 6.92 Å². The molecule has 0 radical (unpaired) electrons. The molecule has 0 unspecified atom stereocenters. The maximum atomic E-state index is 12.6. The summed E-state index contributed by atoms with van der Waals surface area (Å²) in [5.41, 5.74) is 0. The Morgan fingerprint density at radius 3 is 2.05 bits per heavy atom. The molecule has 0 heterocycles. The lowest BCUT2D eigenvalue weighted by Gasteiger charge is -2.24. The molecule has 0 aromatic heterocycles. The highest BCUT2D eigenvalue weighted by molar-refractivity contribution is 9.10. The van der Waals surface area contributed by atoms with Crippen molar-refractivity contribution >= 4 is 26.0 Å². The van der Waals surface area contributed by atoms with Crippen LogP contribution in [0.2, 0.25) is 0 Å². The molecule has 0 amide bonds. The first-order valence-electron chi connectivity index (χ1n) is 6.71. The lowest BCUT2D eigenvalue weighted by molar-refractivity contribution is 0.339. The van der Waals surface area contributed by atoms with Crippen molar-refractivity contribution in [1.29, 1.82) is 0 Å². The SMILES string of the molecule is CCC(CC)CN(CC)S(=O)(=O)c1ccc(Br)cc1. The second kappa shape index (κ2) is 7.41. The summed E-state index contributed by atoms with van der Waals surface area (Å²) in [6.45, 7) is 7.21. The van der Waals surface area contributed by atoms with Gasteiger partial charge < -0.3 is 0 Å². The van der Waals surface area contributed by atoms with E-state index in [9.17, 15) is 8.42 Å². The van der Waals surface area contributed by atoms with E-state index in [2.05, 4.69) is 29.8 Å². The van der Waals surface area contributed by atoms with Gasteiger partial charge >= 0.3 is 0 Å². The molecule has 0 atom stereocenters. The van der Waals surface area contributed by atoms with Gasteiger partial charge in [0.25, 0.3) is 0 Å². The van der Waals surface area contributed by atoms with Crippen molar-refractivity contribution in [3.8, 4) is 0 Å². The summed E-state index contributed by atoms with van der Waals surface area (Å²) in [5.74, 6) is 0.421. The van der Waals surface area contributed by atoms with Gasteiger partial charge in [-0.2, -0.15) is 4.31 Å². The molecule has 0 saturated heterocycles. The van der Waals surface area contributed by atoms with Crippen LogP contribution in [0.15, 0.2) is 33.6 Å². The molecule has 1 rings (SSSR count). The van der Waals surface area contributed by atoms with Gasteiger partial charge in [-0.05, 0) is 30.2 Å². The van der Waals surface area contributed by atoms with E-state index in [4.69, 9.17) is 0 Å². The molecule has 0 saturated carbocycles. The van der Waals surface area contributed by atoms with Crippen LogP contribution in [-0.4, -0.2) is 25.8 Å². The van der Waals surface area contributed by atoms with Crippen LogP contribution in [0.25, 0.3) is 0 Å². The quantitative estimate of drug-likeness (QED) is 0.750. The minimum absolute atomic E-state index is 0.364. The first-order chi connectivity index (χ1) is 8.95. The second-order valence-corrected chi connectivity index (χ2v) is 7.45. The van der Waals surface area contributed by atoms with Crippen LogP contribution in [0.3, 0.4) is 0 Å². The molecular formula is C14H22BrNO2S. The van der Waals surface area contributed by atoms with E-state index in [1.165, 1.54) is 0 Å². The van der Waals surface area contributed by atoms with Gasteiger partial charge in [0.15, 0.2) is 0 Å². The zero-order valence-electron chi connectivity index (χ0n) is 11.8. The highest BCUT2D eigenvalue weighted by atomic mass is 79.9. The van der Waals surface area contributed by atoms with Crippen molar-refractivity contribution in [2.45, 2.75) is 38.5 Å². The van der Waals surface area contributed by atoms with Crippen molar-refractivity contribution in [2.24, 2.45) is 5.92 Å². The maximum Gasteiger partial charge on any atom is 0.243 e. The normalized spacial score (nSPS) is 12.3. The number of hydrogen-bond acceptors (Lipinski definition) is 2. The minimum Gasteiger partial charge on any atom is -0.207 e. The summed E-state index contributed by atoms with van der Waals surface area (Å²) < 4.78 is 27.6. The van der Waals surface area contributed by atoms with Crippen molar-refractivity contribution in [3.63, 3.8) is 0 Å². The fourth-order valence-corrected chi connectivity index (χ4v) is 3.78. The summed E-state index contributed by atoms with van der Waals surface area (Å²) in [7, 11) is -3.37. The Bertz CT molecular complexity index is 481. The van der Waals surface area contributed by atoms with Crippen LogP contribution in [0.4, 0.5) is 0 Å². The molecule has 0 N–H and O–H groups in total. The summed E-state index contributed by atoms with van der Waals surface area (Å²) in [6, 6.07) is 6.82. The predicted molar refractivity (Wildman–Crippen MR) is 82.6 cm³/mol. The Hall–Kier alpha value is -0.390. The van der Waals surface area contributed by atoms with Gasteiger partial charge in [0.05, 0.1) is 4.90 Å². The van der Waals surface area contributed by atoms with Gasteiger partial charge in [-0.25, -0.2) is 8.42 Å². The zero-order valence-corrected chi connectivity index (χ0v) is 14.2. The molecule has 3 nitrogen and oxygen atoms in total. The lowest BCUT2D eigenvalue weighted by atomic mass is 10.0. The minimum atomic E-state index is -3.37. The van der Waals surface area contributed by atoms with E-state index in [0.29, 0.717) is 23.9 Å². The van der Waals surface area contributed by atoms with Crippen molar-refractivity contribution in [3.05, 3.63) is 28.7 Å². The average Bonchev–Trinajstić information content (AvgIpc) is 2.40. The number of benzene rings is 1. The van der Waals surface area contributed by atoms with Crippen LogP contribution in [0.1, 0.15) is 33.6 Å². The van der Waals surface area contributed by atoms with Crippen LogP contribution in [-0.2, 0) is 10.0 Å². The Morgan fingerprint density at radius 2 is 1.63 bits per heavy atom. The Balaban J connectivity index is 2.98. The highest BCUT2D eigenvalue weighted by Gasteiger charge is 2.24. The summed E-state index contributed by atoms with van der Waals surface area (Å²) in [5, 5.41) is 0. The van der Waals surface area contributed by atoms with Gasteiger partial charge in [-0.1, -0.05) is 49.5 Å². The number of rotatable bonds is 7. The van der Waals surface area contributed by atoms with Gasteiger partial charge in [0, 0.05) is 17.6 Å². The van der Waals surface area contributed by atoms with Gasteiger partial charge in [0.2, 0.25) is 10.0 Å². The standard InChI is InChI=1S/C14H22BrNO2S/c1-4-12(5-2)11-16(6-3)19(17,18)14-9-7-13(15)8-10-14/h7-10,12H,4-6,11H2,1-3H3. The summed E-state index contributed by atoms with van der Waals surface area (Å²) >= 11 is 3.32. The molecule has 0 bridgehead atoms. The predicted octanol–water partition coefficient (Wildman–Crippen LogP) is 3.90. The largest absolute Gasteiger partial charge is 0.243 e. The van der Waals surface area contributed by atoms with Crippen LogP contribution in [0.5, 0.6) is 0 Å². The maximum absolute atomic E-state index is 12.6. The molecule has 0 spiro atoms. The number of nitrogens with zero attached hydrogens (tertiary/aromatic N) is 1. The van der Waals surface area contributed by atoms with Crippen molar-refractivity contribution in [1.82, 2.24) is 4.31 Å². The van der Waals surface area contributed by atoms with Gasteiger partial charge in [0.1, 0.15) is 0 Å². The Kier molecular flexibility index (Phi) is 6.50.